The van der Waals surface area contributed by atoms with E-state index in [9.17, 15) is 27.5 Å². The molecule has 0 aliphatic heterocycles. The predicted octanol–water partition coefficient (Wildman–Crippen LogP) is 3.56. The van der Waals surface area contributed by atoms with Gasteiger partial charge in [0.05, 0.1) is 34.0 Å². The topological polar surface area (TPSA) is 123 Å². The van der Waals surface area contributed by atoms with Crippen LogP contribution in [0.15, 0.2) is 24.5 Å². The van der Waals surface area contributed by atoms with Gasteiger partial charge < -0.3 is 21.1 Å². The molecule has 1 atom stereocenters. The van der Waals surface area contributed by atoms with Gasteiger partial charge in [-0.2, -0.15) is 18.4 Å². The Bertz CT molecular complexity index is 1020. The average Bonchev–Trinajstić information content (AvgIpc) is 2.70. The van der Waals surface area contributed by atoms with Gasteiger partial charge in [-0.25, -0.2) is 14.4 Å². The average molecular weight is 475 g/mol. The first-order valence-electron chi connectivity index (χ1n) is 9.08. The molecule has 1 amide bonds. The van der Waals surface area contributed by atoms with Crippen molar-refractivity contribution in [1.29, 1.82) is 5.26 Å². The number of nitrogens with zero attached hydrogens (tertiary/aromatic N) is 3. The summed E-state index contributed by atoms with van der Waals surface area (Å²) in [6.45, 7) is 0.419. The summed E-state index contributed by atoms with van der Waals surface area (Å²) in [4.78, 5) is 20.3. The molecule has 32 heavy (non-hydrogen) atoms. The number of nitriles is 1. The van der Waals surface area contributed by atoms with Gasteiger partial charge in [-0.3, -0.25) is 4.79 Å². The van der Waals surface area contributed by atoms with Crippen LogP contribution < -0.4 is 16.0 Å². The van der Waals surface area contributed by atoms with Crippen LogP contribution in [0.25, 0.3) is 0 Å². The van der Waals surface area contributed by atoms with Crippen molar-refractivity contribution in [3.63, 3.8) is 0 Å². The molecule has 2 rings (SSSR count). The van der Waals surface area contributed by atoms with Crippen molar-refractivity contribution in [2.45, 2.75) is 31.8 Å². The molecule has 0 fully saturated rings. The fourth-order valence-electron chi connectivity index (χ4n) is 2.29. The van der Waals surface area contributed by atoms with Crippen molar-refractivity contribution in [3.8, 4) is 6.07 Å². The number of anilines is 3. The van der Waals surface area contributed by atoms with Crippen molar-refractivity contribution in [2.24, 2.45) is 0 Å². The van der Waals surface area contributed by atoms with Crippen LogP contribution in [-0.2, 0) is 0 Å². The van der Waals surface area contributed by atoms with Crippen LogP contribution in [-0.4, -0.2) is 52.0 Å². The highest BCUT2D eigenvalue weighted by atomic mass is 35.5. The minimum atomic E-state index is -4.58. The highest BCUT2D eigenvalue weighted by Crippen LogP contribution is 2.27. The van der Waals surface area contributed by atoms with E-state index in [-0.39, 0.29) is 33.5 Å². The fraction of sp³-hybridized carbons (Fsp3) is 0.368. The van der Waals surface area contributed by atoms with E-state index in [0.717, 1.165) is 12.3 Å². The summed E-state index contributed by atoms with van der Waals surface area (Å²) in [5.41, 5.74) is -2.03. The van der Waals surface area contributed by atoms with Crippen LogP contribution in [0.3, 0.4) is 0 Å². The Kier molecular flexibility index (Phi) is 7.82. The molecular formula is C19H19ClF4N6O2. The number of hydrogen-bond donors (Lipinski definition) is 4. The standard InChI is InChI=1S/C19H19ClF4N6O2/c1-18(2,32)14(21)8-28-17(31)11-7-26-15(4-13(11)29-9-19(22,23)24)30-16-12(20)3-10(5-25)6-27-16/h3-4,6-7,14,32H,8-9H2,1-2H3,(H,28,31)(H2,26,27,29,30). The van der Waals surface area contributed by atoms with Crippen LogP contribution in [0.2, 0.25) is 5.02 Å². The summed E-state index contributed by atoms with van der Waals surface area (Å²) in [6.07, 6.45) is -4.16. The summed E-state index contributed by atoms with van der Waals surface area (Å²) in [5, 5.41) is 25.5. The first kappa shape index (κ1) is 25.1. The minimum absolute atomic E-state index is 0.00481. The molecule has 0 saturated heterocycles. The van der Waals surface area contributed by atoms with Crippen molar-refractivity contribution >= 4 is 34.8 Å². The Balaban J connectivity index is 2.28. The van der Waals surface area contributed by atoms with E-state index in [4.69, 9.17) is 16.9 Å². The van der Waals surface area contributed by atoms with Gasteiger partial charge in [0.15, 0.2) is 0 Å². The third kappa shape index (κ3) is 7.21. The van der Waals surface area contributed by atoms with Crippen LogP contribution in [0.1, 0.15) is 29.8 Å². The number of aromatic nitrogens is 2. The SMILES string of the molecule is CC(C)(O)C(F)CNC(=O)c1cnc(Nc2ncc(C#N)cc2Cl)cc1NCC(F)(F)F. The van der Waals surface area contributed by atoms with Crippen LogP contribution in [0.4, 0.5) is 34.9 Å². The second-order valence-corrected chi connectivity index (χ2v) is 7.61. The molecule has 0 spiro atoms. The molecule has 2 heterocycles. The molecule has 2 aromatic heterocycles. The maximum Gasteiger partial charge on any atom is 0.405 e. The maximum absolute atomic E-state index is 13.9. The van der Waals surface area contributed by atoms with E-state index >= 15 is 0 Å². The van der Waals surface area contributed by atoms with E-state index in [1.165, 1.54) is 26.1 Å². The van der Waals surface area contributed by atoms with E-state index in [1.54, 1.807) is 0 Å². The molecule has 2 aromatic rings. The second kappa shape index (κ2) is 9.97. The molecule has 0 saturated carbocycles. The number of alkyl halides is 4. The minimum Gasteiger partial charge on any atom is -0.387 e. The number of carbonyl (C=O) groups is 1. The molecule has 8 nitrogen and oxygen atoms in total. The fourth-order valence-corrected chi connectivity index (χ4v) is 2.50. The van der Waals surface area contributed by atoms with E-state index < -0.39 is 36.9 Å². The lowest BCUT2D eigenvalue weighted by Crippen LogP contribution is -2.42. The Morgan fingerprint density at radius 3 is 2.53 bits per heavy atom. The van der Waals surface area contributed by atoms with Gasteiger partial charge in [0.2, 0.25) is 0 Å². The molecule has 0 aliphatic carbocycles. The van der Waals surface area contributed by atoms with Gasteiger partial charge in [-0.05, 0) is 19.9 Å². The highest BCUT2D eigenvalue weighted by molar-refractivity contribution is 6.33. The molecule has 0 bridgehead atoms. The van der Waals surface area contributed by atoms with Crippen molar-refractivity contribution in [3.05, 3.63) is 40.7 Å². The third-order valence-corrected chi connectivity index (χ3v) is 4.34. The Hall–Kier alpha value is -3.17. The van der Waals surface area contributed by atoms with E-state index in [1.807, 2.05) is 6.07 Å². The Labute approximate surface area is 185 Å². The van der Waals surface area contributed by atoms with Crippen LogP contribution in [0.5, 0.6) is 0 Å². The van der Waals surface area contributed by atoms with E-state index in [0.29, 0.717) is 0 Å². The molecule has 0 radical (unpaired) electrons. The molecule has 0 aliphatic rings. The summed E-state index contributed by atoms with van der Waals surface area (Å²) >= 11 is 6.02. The molecule has 13 heteroatoms. The third-order valence-electron chi connectivity index (χ3n) is 4.05. The monoisotopic (exact) mass is 474 g/mol. The smallest absolute Gasteiger partial charge is 0.387 e. The lowest BCUT2D eigenvalue weighted by molar-refractivity contribution is -0.115. The quantitative estimate of drug-likeness (QED) is 0.431. The van der Waals surface area contributed by atoms with Gasteiger partial charge in [0.25, 0.3) is 5.91 Å². The number of halogens is 5. The summed E-state index contributed by atoms with van der Waals surface area (Å²) < 4.78 is 52.0. The largest absolute Gasteiger partial charge is 0.405 e. The van der Waals surface area contributed by atoms with Gasteiger partial charge in [-0.15, -0.1) is 0 Å². The van der Waals surface area contributed by atoms with Crippen molar-refractivity contribution < 1.29 is 27.5 Å². The number of carbonyl (C=O) groups excluding carboxylic acids is 1. The zero-order chi connectivity index (χ0) is 24.1. The van der Waals surface area contributed by atoms with Crippen molar-refractivity contribution in [2.75, 3.05) is 23.7 Å². The van der Waals surface area contributed by atoms with Gasteiger partial charge in [-0.1, -0.05) is 11.6 Å². The number of aliphatic hydroxyl groups is 1. The molecule has 0 aromatic carbocycles. The molecular weight excluding hydrogens is 456 g/mol. The zero-order valence-corrected chi connectivity index (χ0v) is 17.6. The number of pyridine rings is 2. The Morgan fingerprint density at radius 1 is 1.28 bits per heavy atom. The zero-order valence-electron chi connectivity index (χ0n) is 16.9. The first-order chi connectivity index (χ1) is 14.8. The Morgan fingerprint density at radius 2 is 1.97 bits per heavy atom. The molecule has 1 unspecified atom stereocenters. The summed E-state index contributed by atoms with van der Waals surface area (Å²) in [5.74, 6) is -0.803. The van der Waals surface area contributed by atoms with Crippen LogP contribution >= 0.6 is 11.6 Å². The number of nitrogens with one attached hydrogen (secondary N) is 3. The normalized spacial score (nSPS) is 12.6. The maximum atomic E-state index is 13.9. The number of amides is 1. The van der Waals surface area contributed by atoms with Crippen LogP contribution in [0, 0.1) is 11.3 Å². The molecule has 4 N–H and O–H groups in total. The number of rotatable bonds is 8. The predicted molar refractivity (Wildman–Crippen MR) is 110 cm³/mol. The summed E-state index contributed by atoms with van der Waals surface area (Å²) in [6, 6.07) is 4.31. The molecule has 172 valence electrons. The van der Waals surface area contributed by atoms with Crippen molar-refractivity contribution in [1.82, 2.24) is 15.3 Å². The second-order valence-electron chi connectivity index (χ2n) is 7.21. The van der Waals surface area contributed by atoms with Gasteiger partial charge in [0, 0.05) is 18.5 Å². The van der Waals surface area contributed by atoms with Gasteiger partial charge in [0.1, 0.15) is 30.4 Å². The van der Waals surface area contributed by atoms with E-state index in [2.05, 4.69) is 25.9 Å². The first-order valence-corrected chi connectivity index (χ1v) is 9.46. The lowest BCUT2D eigenvalue weighted by Gasteiger charge is -2.22. The van der Waals surface area contributed by atoms with Gasteiger partial charge >= 0.3 is 6.18 Å². The lowest BCUT2D eigenvalue weighted by atomic mass is 10.0. The number of hydrogen-bond acceptors (Lipinski definition) is 7. The summed E-state index contributed by atoms with van der Waals surface area (Å²) in [7, 11) is 0. The highest BCUT2D eigenvalue weighted by Gasteiger charge is 2.29.